The maximum absolute atomic E-state index is 3.88. The van der Waals surface area contributed by atoms with Gasteiger partial charge in [0.2, 0.25) is 0 Å². The van der Waals surface area contributed by atoms with Gasteiger partial charge in [-0.15, -0.1) is 0 Å². The molecule has 1 spiro atoms. The third-order valence-corrected chi connectivity index (χ3v) is 6.85. The van der Waals surface area contributed by atoms with Gasteiger partial charge in [-0.05, 0) is 51.4 Å². The van der Waals surface area contributed by atoms with Crippen LogP contribution in [0.15, 0.2) is 0 Å². The second kappa shape index (κ2) is 5.34. The molecular formula is C15H28N2S. The molecule has 2 nitrogen and oxygen atoms in total. The highest BCUT2D eigenvalue weighted by atomic mass is 32.2. The number of hydrogen-bond donors (Lipinski definition) is 1. The molecule has 18 heavy (non-hydrogen) atoms. The van der Waals surface area contributed by atoms with E-state index in [1.165, 1.54) is 77.5 Å². The van der Waals surface area contributed by atoms with E-state index in [1.54, 1.807) is 0 Å². The van der Waals surface area contributed by atoms with Crippen molar-refractivity contribution >= 4 is 11.8 Å². The fourth-order valence-electron chi connectivity index (χ4n) is 4.15. The molecule has 104 valence electrons. The third kappa shape index (κ3) is 2.59. The molecule has 2 aliphatic carbocycles. The molecular weight excluding hydrogens is 240 g/mol. The number of hydrogen-bond acceptors (Lipinski definition) is 3. The Labute approximate surface area is 116 Å². The van der Waals surface area contributed by atoms with Crippen LogP contribution in [0.25, 0.3) is 0 Å². The highest BCUT2D eigenvalue weighted by molar-refractivity contribution is 8.00. The summed E-state index contributed by atoms with van der Waals surface area (Å²) in [5.74, 6) is 0. The smallest absolute Gasteiger partial charge is 0.0308 e. The summed E-state index contributed by atoms with van der Waals surface area (Å²) in [6.45, 7) is 5.22. The van der Waals surface area contributed by atoms with E-state index < -0.39 is 0 Å². The maximum atomic E-state index is 3.88. The van der Waals surface area contributed by atoms with Crippen LogP contribution in [0.2, 0.25) is 0 Å². The monoisotopic (exact) mass is 268 g/mol. The van der Waals surface area contributed by atoms with Crippen molar-refractivity contribution in [3.63, 3.8) is 0 Å². The fourth-order valence-corrected chi connectivity index (χ4v) is 5.15. The number of rotatable bonds is 3. The van der Waals surface area contributed by atoms with Crippen LogP contribution in [0, 0.1) is 0 Å². The van der Waals surface area contributed by atoms with E-state index >= 15 is 0 Å². The van der Waals surface area contributed by atoms with Gasteiger partial charge in [0.25, 0.3) is 0 Å². The molecule has 3 rings (SSSR count). The van der Waals surface area contributed by atoms with Gasteiger partial charge in [-0.25, -0.2) is 0 Å². The van der Waals surface area contributed by atoms with Crippen LogP contribution in [0.1, 0.15) is 51.4 Å². The molecule has 0 bridgehead atoms. The first kappa shape index (κ1) is 13.3. The maximum Gasteiger partial charge on any atom is 0.0308 e. The van der Waals surface area contributed by atoms with Gasteiger partial charge in [0.05, 0.1) is 0 Å². The molecule has 3 aliphatic rings. The molecule has 0 unspecified atom stereocenters. The molecule has 3 fully saturated rings. The molecule has 0 atom stereocenters. The Bertz CT molecular complexity index is 277. The van der Waals surface area contributed by atoms with Crippen LogP contribution in [-0.4, -0.2) is 47.6 Å². The fraction of sp³-hybridized carbons (Fsp3) is 1.00. The van der Waals surface area contributed by atoms with Gasteiger partial charge in [-0.3, -0.25) is 0 Å². The summed E-state index contributed by atoms with van der Waals surface area (Å²) >= 11 is 2.13. The number of thioether (sulfide) groups is 1. The van der Waals surface area contributed by atoms with Crippen molar-refractivity contribution in [1.29, 1.82) is 0 Å². The summed E-state index contributed by atoms with van der Waals surface area (Å²) in [5, 5.41) is 3.88. The summed E-state index contributed by atoms with van der Waals surface area (Å²) in [7, 11) is 0. The average Bonchev–Trinajstić information content (AvgIpc) is 2.67. The van der Waals surface area contributed by atoms with E-state index in [2.05, 4.69) is 28.2 Å². The van der Waals surface area contributed by atoms with Crippen molar-refractivity contribution in [3.8, 4) is 0 Å². The average molecular weight is 268 g/mol. The SMILES string of the molecule is CSC1(CN2CCCNC3(CCCC3)C2)CCC1. The number of nitrogens with one attached hydrogen (secondary N) is 1. The van der Waals surface area contributed by atoms with Crippen LogP contribution in [0.4, 0.5) is 0 Å². The molecule has 1 N–H and O–H groups in total. The van der Waals surface area contributed by atoms with Crippen molar-refractivity contribution in [2.24, 2.45) is 0 Å². The van der Waals surface area contributed by atoms with Crippen molar-refractivity contribution in [2.45, 2.75) is 61.7 Å². The van der Waals surface area contributed by atoms with E-state index in [0.717, 1.165) is 0 Å². The summed E-state index contributed by atoms with van der Waals surface area (Å²) < 4.78 is 0.615. The number of nitrogens with zero attached hydrogens (tertiary/aromatic N) is 1. The molecule has 1 heterocycles. The van der Waals surface area contributed by atoms with Crippen molar-refractivity contribution in [1.82, 2.24) is 10.2 Å². The van der Waals surface area contributed by atoms with Crippen LogP contribution >= 0.6 is 11.8 Å². The molecule has 0 aromatic heterocycles. The summed E-state index contributed by atoms with van der Waals surface area (Å²) in [4.78, 5) is 2.79. The van der Waals surface area contributed by atoms with Gasteiger partial charge in [-0.1, -0.05) is 19.3 Å². The van der Waals surface area contributed by atoms with Gasteiger partial charge in [0.15, 0.2) is 0 Å². The summed E-state index contributed by atoms with van der Waals surface area (Å²) in [6.07, 6.45) is 13.7. The van der Waals surface area contributed by atoms with Crippen LogP contribution < -0.4 is 5.32 Å². The summed E-state index contributed by atoms with van der Waals surface area (Å²) in [6, 6.07) is 0. The first-order valence-electron chi connectivity index (χ1n) is 7.79. The topological polar surface area (TPSA) is 15.3 Å². The zero-order valence-electron chi connectivity index (χ0n) is 11.8. The lowest BCUT2D eigenvalue weighted by molar-refractivity contribution is 0.167. The van der Waals surface area contributed by atoms with Crippen molar-refractivity contribution < 1.29 is 0 Å². The Hall–Kier alpha value is 0.270. The molecule has 1 saturated heterocycles. The first-order valence-corrected chi connectivity index (χ1v) is 9.01. The van der Waals surface area contributed by atoms with E-state index in [-0.39, 0.29) is 0 Å². The zero-order chi connectivity index (χ0) is 12.5. The van der Waals surface area contributed by atoms with Gasteiger partial charge < -0.3 is 10.2 Å². The largest absolute Gasteiger partial charge is 0.310 e. The standard InChI is InChI=1S/C15H28N2S/c1-18-15(8-4-9-15)13-17-11-5-10-16-14(12-17)6-2-3-7-14/h16H,2-13H2,1H3. The highest BCUT2D eigenvalue weighted by Gasteiger charge is 2.41. The second-order valence-electron chi connectivity index (χ2n) is 6.72. The lowest BCUT2D eigenvalue weighted by Crippen LogP contribution is -2.53. The quantitative estimate of drug-likeness (QED) is 0.847. The van der Waals surface area contributed by atoms with Gasteiger partial charge in [-0.2, -0.15) is 11.8 Å². The van der Waals surface area contributed by atoms with Crippen LogP contribution in [0.5, 0.6) is 0 Å². The molecule has 0 amide bonds. The van der Waals surface area contributed by atoms with Crippen molar-refractivity contribution in [2.75, 3.05) is 32.4 Å². The van der Waals surface area contributed by atoms with E-state index in [9.17, 15) is 0 Å². The Morgan fingerprint density at radius 1 is 1.06 bits per heavy atom. The minimum absolute atomic E-state index is 0.486. The highest BCUT2D eigenvalue weighted by Crippen LogP contribution is 2.44. The Morgan fingerprint density at radius 2 is 1.83 bits per heavy atom. The minimum atomic E-state index is 0.486. The van der Waals surface area contributed by atoms with E-state index in [1.807, 2.05) is 0 Å². The molecule has 3 heteroatoms. The molecule has 0 radical (unpaired) electrons. The first-order chi connectivity index (χ1) is 8.76. The molecule has 1 aliphatic heterocycles. The van der Waals surface area contributed by atoms with Crippen LogP contribution in [-0.2, 0) is 0 Å². The lowest BCUT2D eigenvalue weighted by atomic mass is 9.83. The minimum Gasteiger partial charge on any atom is -0.310 e. The Morgan fingerprint density at radius 3 is 2.44 bits per heavy atom. The van der Waals surface area contributed by atoms with Crippen LogP contribution in [0.3, 0.4) is 0 Å². The zero-order valence-corrected chi connectivity index (χ0v) is 12.7. The predicted molar refractivity (Wildman–Crippen MR) is 80.4 cm³/mol. The Balaban J connectivity index is 1.64. The van der Waals surface area contributed by atoms with Gasteiger partial charge in [0.1, 0.15) is 0 Å². The predicted octanol–water partition coefficient (Wildman–Crippen LogP) is 2.88. The summed E-state index contributed by atoms with van der Waals surface area (Å²) in [5.41, 5.74) is 0.486. The molecule has 0 aromatic rings. The van der Waals surface area contributed by atoms with E-state index in [0.29, 0.717) is 10.3 Å². The Kier molecular flexibility index (Phi) is 3.93. The second-order valence-corrected chi connectivity index (χ2v) is 7.99. The van der Waals surface area contributed by atoms with E-state index in [4.69, 9.17) is 0 Å². The van der Waals surface area contributed by atoms with Gasteiger partial charge in [0, 0.05) is 23.4 Å². The normalized spacial score (nSPS) is 31.2. The van der Waals surface area contributed by atoms with Crippen molar-refractivity contribution in [3.05, 3.63) is 0 Å². The van der Waals surface area contributed by atoms with Gasteiger partial charge >= 0.3 is 0 Å². The third-order valence-electron chi connectivity index (χ3n) is 5.45. The lowest BCUT2D eigenvalue weighted by Gasteiger charge is -2.45. The molecule has 0 aromatic carbocycles. The molecule has 2 saturated carbocycles.